The van der Waals surface area contributed by atoms with Gasteiger partial charge in [-0.15, -0.1) is 0 Å². The molecule has 0 aromatic heterocycles. The highest BCUT2D eigenvalue weighted by Gasteiger charge is 2.32. The summed E-state index contributed by atoms with van der Waals surface area (Å²) in [6.07, 6.45) is 1.16. The molecule has 7 heteroatoms. The molecule has 0 atom stereocenters. The van der Waals surface area contributed by atoms with Gasteiger partial charge in [-0.2, -0.15) is 0 Å². The van der Waals surface area contributed by atoms with Gasteiger partial charge in [0.25, 0.3) is 0 Å². The van der Waals surface area contributed by atoms with E-state index in [2.05, 4.69) is 11.0 Å². The molecule has 0 aliphatic carbocycles. The second-order valence-corrected chi connectivity index (χ2v) is 6.94. The molecule has 0 bridgehead atoms. The Labute approximate surface area is 160 Å². The highest BCUT2D eigenvalue weighted by molar-refractivity contribution is 5.79. The number of carbonyl (C=O) groups excluding carboxylic acids is 2. The Morgan fingerprint density at radius 2 is 1.67 bits per heavy atom. The molecule has 0 radical (unpaired) electrons. The van der Waals surface area contributed by atoms with E-state index < -0.39 is 0 Å². The lowest BCUT2D eigenvalue weighted by Crippen LogP contribution is -2.52. The Balaban J connectivity index is 1.50. The standard InChI is InChI=1S/C20H29N3O4/c1-3-27-20(25)23-10-8-16(9-11-23)19(24)22-14-12-21(13-15-22)17-6-4-5-7-18(17)26-2/h4-7,16H,3,8-15H2,1-2H3. The van der Waals surface area contributed by atoms with Crippen LogP contribution >= 0.6 is 0 Å². The zero-order valence-electron chi connectivity index (χ0n) is 16.2. The zero-order valence-corrected chi connectivity index (χ0v) is 16.2. The van der Waals surface area contributed by atoms with Gasteiger partial charge in [0.15, 0.2) is 0 Å². The number of methoxy groups -OCH3 is 1. The van der Waals surface area contributed by atoms with Crippen molar-refractivity contribution < 1.29 is 19.1 Å². The van der Waals surface area contributed by atoms with Gasteiger partial charge in [-0.25, -0.2) is 4.79 Å². The minimum absolute atomic E-state index is 0.00786. The third-order valence-corrected chi connectivity index (χ3v) is 5.39. The third kappa shape index (κ3) is 4.46. The number of amides is 2. The molecule has 2 fully saturated rings. The highest BCUT2D eigenvalue weighted by Crippen LogP contribution is 2.29. The van der Waals surface area contributed by atoms with Crippen LogP contribution in [0, 0.1) is 5.92 Å². The molecule has 2 aliphatic rings. The third-order valence-electron chi connectivity index (χ3n) is 5.39. The monoisotopic (exact) mass is 375 g/mol. The number of para-hydroxylation sites is 2. The van der Waals surface area contributed by atoms with E-state index in [0.717, 1.165) is 37.6 Å². The predicted octanol–water partition coefficient (Wildman–Crippen LogP) is 2.21. The van der Waals surface area contributed by atoms with Crippen molar-refractivity contribution >= 4 is 17.7 Å². The van der Waals surface area contributed by atoms with Crippen molar-refractivity contribution in [3.8, 4) is 5.75 Å². The molecule has 0 spiro atoms. The molecule has 1 aromatic carbocycles. The summed E-state index contributed by atoms with van der Waals surface area (Å²) in [6, 6.07) is 7.99. The van der Waals surface area contributed by atoms with Gasteiger partial charge < -0.3 is 24.2 Å². The Bertz CT molecular complexity index is 650. The van der Waals surface area contributed by atoms with Gasteiger partial charge in [-0.05, 0) is 31.9 Å². The van der Waals surface area contributed by atoms with Gasteiger partial charge in [0, 0.05) is 45.2 Å². The van der Waals surface area contributed by atoms with E-state index in [4.69, 9.17) is 9.47 Å². The molecule has 0 unspecified atom stereocenters. The Kier molecular flexibility index (Phi) is 6.42. The summed E-state index contributed by atoms with van der Waals surface area (Å²) >= 11 is 0. The molecule has 148 valence electrons. The van der Waals surface area contributed by atoms with Gasteiger partial charge in [-0.3, -0.25) is 4.79 Å². The van der Waals surface area contributed by atoms with Crippen LogP contribution in [-0.2, 0) is 9.53 Å². The lowest BCUT2D eigenvalue weighted by atomic mass is 9.95. The van der Waals surface area contributed by atoms with E-state index in [1.807, 2.05) is 23.1 Å². The average molecular weight is 375 g/mol. The van der Waals surface area contributed by atoms with Gasteiger partial charge in [0.2, 0.25) is 5.91 Å². The van der Waals surface area contributed by atoms with Crippen molar-refractivity contribution in [3.63, 3.8) is 0 Å². The number of nitrogens with zero attached hydrogens (tertiary/aromatic N) is 3. The summed E-state index contributed by atoms with van der Waals surface area (Å²) in [6.45, 7) is 6.41. The van der Waals surface area contributed by atoms with E-state index >= 15 is 0 Å². The first kappa shape index (κ1) is 19.3. The molecule has 27 heavy (non-hydrogen) atoms. The van der Waals surface area contributed by atoms with Crippen molar-refractivity contribution in [3.05, 3.63) is 24.3 Å². The minimum Gasteiger partial charge on any atom is -0.495 e. The maximum atomic E-state index is 12.9. The molecule has 0 N–H and O–H groups in total. The largest absolute Gasteiger partial charge is 0.495 e. The maximum absolute atomic E-state index is 12.9. The van der Waals surface area contributed by atoms with Crippen LogP contribution in [0.25, 0.3) is 0 Å². The topological polar surface area (TPSA) is 62.3 Å². The first-order valence-corrected chi connectivity index (χ1v) is 9.72. The van der Waals surface area contributed by atoms with Gasteiger partial charge in [-0.1, -0.05) is 12.1 Å². The van der Waals surface area contributed by atoms with Crippen molar-refractivity contribution in [1.29, 1.82) is 0 Å². The van der Waals surface area contributed by atoms with Crippen LogP contribution in [0.1, 0.15) is 19.8 Å². The first-order chi connectivity index (χ1) is 13.1. The second kappa shape index (κ2) is 8.97. The van der Waals surface area contributed by atoms with E-state index in [1.54, 1.807) is 18.9 Å². The van der Waals surface area contributed by atoms with E-state index in [1.165, 1.54) is 0 Å². The van der Waals surface area contributed by atoms with Crippen LogP contribution in [0.4, 0.5) is 10.5 Å². The summed E-state index contributed by atoms with van der Waals surface area (Å²) in [5.74, 6) is 1.09. The molecular formula is C20H29N3O4. The molecule has 3 rings (SSSR count). The van der Waals surface area contributed by atoms with Gasteiger partial charge in [0.1, 0.15) is 5.75 Å². The molecule has 2 amide bonds. The molecule has 2 aliphatic heterocycles. The summed E-state index contributed by atoms with van der Waals surface area (Å²) in [4.78, 5) is 30.6. The first-order valence-electron chi connectivity index (χ1n) is 9.72. The summed E-state index contributed by atoms with van der Waals surface area (Å²) < 4.78 is 10.5. The quantitative estimate of drug-likeness (QED) is 0.807. The zero-order chi connectivity index (χ0) is 19.2. The number of carbonyl (C=O) groups is 2. The van der Waals surface area contributed by atoms with E-state index in [9.17, 15) is 9.59 Å². The van der Waals surface area contributed by atoms with Crippen LogP contribution in [0.2, 0.25) is 0 Å². The van der Waals surface area contributed by atoms with E-state index in [-0.39, 0.29) is 17.9 Å². The number of hydrogen-bond donors (Lipinski definition) is 0. The van der Waals surface area contributed by atoms with Crippen LogP contribution in [0.5, 0.6) is 5.75 Å². The van der Waals surface area contributed by atoms with Gasteiger partial charge >= 0.3 is 6.09 Å². The Hall–Kier alpha value is -2.44. The van der Waals surface area contributed by atoms with Crippen molar-refractivity contribution in [2.24, 2.45) is 5.92 Å². The summed E-state index contributed by atoms with van der Waals surface area (Å²) in [5, 5.41) is 0. The second-order valence-electron chi connectivity index (χ2n) is 6.94. The average Bonchev–Trinajstić information content (AvgIpc) is 2.73. The van der Waals surface area contributed by atoms with Gasteiger partial charge in [0.05, 0.1) is 19.4 Å². The normalized spacial score (nSPS) is 18.4. The Morgan fingerprint density at radius 3 is 2.30 bits per heavy atom. The summed E-state index contributed by atoms with van der Waals surface area (Å²) in [5.41, 5.74) is 1.08. The highest BCUT2D eigenvalue weighted by atomic mass is 16.6. The number of hydrogen-bond acceptors (Lipinski definition) is 5. The molecule has 1 aromatic rings. The number of piperazine rings is 1. The number of anilines is 1. The van der Waals surface area contributed by atoms with Crippen LogP contribution < -0.4 is 9.64 Å². The fourth-order valence-corrected chi connectivity index (χ4v) is 3.84. The molecule has 2 heterocycles. The van der Waals surface area contributed by atoms with Crippen LogP contribution in [0.3, 0.4) is 0 Å². The lowest BCUT2D eigenvalue weighted by Gasteiger charge is -2.39. The fourth-order valence-electron chi connectivity index (χ4n) is 3.84. The van der Waals surface area contributed by atoms with Crippen LogP contribution in [0.15, 0.2) is 24.3 Å². The molecular weight excluding hydrogens is 346 g/mol. The van der Waals surface area contributed by atoms with Crippen molar-refractivity contribution in [2.75, 3.05) is 57.9 Å². The lowest BCUT2D eigenvalue weighted by molar-refractivity contribution is -0.137. The number of likely N-dealkylation sites (tertiary alicyclic amines) is 1. The summed E-state index contributed by atoms with van der Waals surface area (Å²) in [7, 11) is 1.68. The number of benzene rings is 1. The molecule has 0 saturated carbocycles. The predicted molar refractivity (Wildman–Crippen MR) is 103 cm³/mol. The fraction of sp³-hybridized carbons (Fsp3) is 0.600. The number of piperidine rings is 1. The molecule has 7 nitrogen and oxygen atoms in total. The van der Waals surface area contributed by atoms with Crippen molar-refractivity contribution in [2.45, 2.75) is 19.8 Å². The number of ether oxygens (including phenoxy) is 2. The van der Waals surface area contributed by atoms with Crippen LogP contribution in [-0.4, -0.2) is 74.8 Å². The smallest absolute Gasteiger partial charge is 0.409 e. The Morgan fingerprint density at radius 1 is 1.00 bits per heavy atom. The van der Waals surface area contributed by atoms with Crippen molar-refractivity contribution in [1.82, 2.24) is 9.80 Å². The van der Waals surface area contributed by atoms with E-state index in [0.29, 0.717) is 32.5 Å². The maximum Gasteiger partial charge on any atom is 0.409 e. The number of rotatable bonds is 4. The minimum atomic E-state index is -0.270. The SMILES string of the molecule is CCOC(=O)N1CCC(C(=O)N2CCN(c3ccccc3OC)CC2)CC1. The molecule has 2 saturated heterocycles.